The van der Waals surface area contributed by atoms with Gasteiger partial charge in [-0.3, -0.25) is 9.59 Å². The second-order valence-corrected chi connectivity index (χ2v) is 6.40. The fourth-order valence-corrected chi connectivity index (χ4v) is 3.70. The van der Waals surface area contributed by atoms with Gasteiger partial charge in [0.1, 0.15) is 0 Å². The molecule has 7 nitrogen and oxygen atoms in total. The maximum atomic E-state index is 12.3. The molecule has 1 aromatic carbocycles. The molecule has 9 heteroatoms. The molecule has 0 unspecified atom stereocenters. The minimum atomic E-state index is -4.04. The maximum absolute atomic E-state index is 12.3. The Balaban J connectivity index is 3.23. The summed E-state index contributed by atoms with van der Waals surface area (Å²) in [6.45, 7) is -1.24. The molecule has 1 aromatic rings. The molecule has 104 valence electrons. The molecule has 0 atom stereocenters. The molecular formula is C10H12BrN3O4S. The zero-order valence-electron chi connectivity index (χ0n) is 9.74. The maximum Gasteiger partial charge on any atom is 0.245 e. The predicted molar refractivity (Wildman–Crippen MR) is 71.3 cm³/mol. The molecule has 0 saturated carbocycles. The van der Waals surface area contributed by atoms with Gasteiger partial charge in [-0.05, 0) is 28.1 Å². The Morgan fingerprint density at radius 1 is 1.11 bits per heavy atom. The summed E-state index contributed by atoms with van der Waals surface area (Å²) in [6, 6.07) is 6.02. The van der Waals surface area contributed by atoms with Gasteiger partial charge in [-0.15, -0.1) is 0 Å². The Morgan fingerprint density at radius 3 is 2.00 bits per heavy atom. The van der Waals surface area contributed by atoms with Gasteiger partial charge in [0.2, 0.25) is 21.8 Å². The zero-order valence-corrected chi connectivity index (χ0v) is 12.1. The number of hydrogen-bond acceptors (Lipinski definition) is 4. The van der Waals surface area contributed by atoms with Crippen LogP contribution in [-0.2, 0) is 19.6 Å². The highest BCUT2D eigenvalue weighted by Gasteiger charge is 2.28. The fraction of sp³-hybridized carbons (Fsp3) is 0.200. The standard InChI is InChI=1S/C10H12BrN3O4S/c11-7-3-1-2-4-8(7)19(17,18)14(5-9(12)15)6-10(13)16/h1-4H,5-6H2,(H2,12,15)(H2,13,16). The Kier molecular flexibility index (Phi) is 5.04. The largest absolute Gasteiger partial charge is 0.369 e. The van der Waals surface area contributed by atoms with E-state index in [1.165, 1.54) is 18.2 Å². The number of primary amides is 2. The van der Waals surface area contributed by atoms with Crippen molar-refractivity contribution in [3.05, 3.63) is 28.7 Å². The summed E-state index contributed by atoms with van der Waals surface area (Å²) in [6.07, 6.45) is 0. The molecule has 0 aromatic heterocycles. The summed E-state index contributed by atoms with van der Waals surface area (Å²) in [4.78, 5) is 21.7. The van der Waals surface area contributed by atoms with Gasteiger partial charge in [0.05, 0.1) is 18.0 Å². The predicted octanol–water partition coefficient (Wildman–Crippen LogP) is -0.590. The normalized spacial score (nSPS) is 11.5. The van der Waals surface area contributed by atoms with Crippen LogP contribution in [0.5, 0.6) is 0 Å². The van der Waals surface area contributed by atoms with Crippen LogP contribution in [0, 0.1) is 0 Å². The van der Waals surface area contributed by atoms with Crippen LogP contribution in [0.15, 0.2) is 33.6 Å². The van der Waals surface area contributed by atoms with Gasteiger partial charge in [0.25, 0.3) is 0 Å². The number of nitrogens with two attached hydrogens (primary N) is 2. The number of rotatable bonds is 6. The summed E-state index contributed by atoms with van der Waals surface area (Å²) in [7, 11) is -4.04. The van der Waals surface area contributed by atoms with Gasteiger partial charge in [0.15, 0.2) is 0 Å². The van der Waals surface area contributed by atoms with Crippen molar-refractivity contribution in [1.82, 2.24) is 4.31 Å². The van der Waals surface area contributed by atoms with Crippen molar-refractivity contribution in [2.75, 3.05) is 13.1 Å². The smallest absolute Gasteiger partial charge is 0.245 e. The van der Waals surface area contributed by atoms with Crippen LogP contribution in [0.2, 0.25) is 0 Å². The summed E-state index contributed by atoms with van der Waals surface area (Å²) >= 11 is 3.09. The van der Waals surface area contributed by atoms with Gasteiger partial charge in [-0.2, -0.15) is 4.31 Å². The highest BCUT2D eigenvalue weighted by molar-refractivity contribution is 9.10. The van der Waals surface area contributed by atoms with E-state index in [0.29, 0.717) is 8.78 Å². The molecule has 2 amide bonds. The SMILES string of the molecule is NC(=O)CN(CC(N)=O)S(=O)(=O)c1ccccc1Br. The summed E-state index contributed by atoms with van der Waals surface area (Å²) < 4.78 is 25.6. The number of hydrogen-bond donors (Lipinski definition) is 2. The lowest BCUT2D eigenvalue weighted by Gasteiger charge is -2.19. The molecule has 0 spiro atoms. The van der Waals surface area contributed by atoms with Gasteiger partial charge < -0.3 is 11.5 Å². The van der Waals surface area contributed by atoms with Crippen LogP contribution in [0.25, 0.3) is 0 Å². The van der Waals surface area contributed by atoms with Crippen molar-refractivity contribution in [2.24, 2.45) is 11.5 Å². The van der Waals surface area contributed by atoms with Crippen molar-refractivity contribution >= 4 is 37.8 Å². The lowest BCUT2D eigenvalue weighted by atomic mass is 10.4. The number of carbonyl (C=O) groups excluding carboxylic acids is 2. The van der Waals surface area contributed by atoms with Crippen LogP contribution in [0.1, 0.15) is 0 Å². The van der Waals surface area contributed by atoms with E-state index in [9.17, 15) is 18.0 Å². The molecular weight excluding hydrogens is 338 g/mol. The van der Waals surface area contributed by atoms with E-state index < -0.39 is 34.9 Å². The van der Waals surface area contributed by atoms with Gasteiger partial charge in [0, 0.05) is 4.47 Å². The molecule has 19 heavy (non-hydrogen) atoms. The average Bonchev–Trinajstić information content (AvgIpc) is 2.27. The average molecular weight is 350 g/mol. The summed E-state index contributed by atoms with van der Waals surface area (Å²) in [5, 5.41) is 0. The first kappa shape index (κ1) is 15.6. The lowest BCUT2D eigenvalue weighted by molar-refractivity contribution is -0.120. The number of sulfonamides is 1. The van der Waals surface area contributed by atoms with E-state index in [1.54, 1.807) is 6.07 Å². The number of nitrogens with zero attached hydrogens (tertiary/aromatic N) is 1. The van der Waals surface area contributed by atoms with E-state index in [2.05, 4.69) is 15.9 Å². The monoisotopic (exact) mass is 349 g/mol. The van der Waals surface area contributed by atoms with E-state index in [1.807, 2.05) is 0 Å². The highest BCUT2D eigenvalue weighted by Crippen LogP contribution is 2.24. The van der Waals surface area contributed by atoms with Crippen LogP contribution in [0.4, 0.5) is 0 Å². The Labute approximate surface area is 118 Å². The van der Waals surface area contributed by atoms with Crippen molar-refractivity contribution in [3.63, 3.8) is 0 Å². The third-order valence-corrected chi connectivity index (χ3v) is 4.92. The molecule has 0 radical (unpaired) electrons. The van der Waals surface area contributed by atoms with Crippen LogP contribution < -0.4 is 11.5 Å². The molecule has 1 rings (SSSR count). The minimum absolute atomic E-state index is 0.0718. The Hall–Kier alpha value is -1.45. The molecule has 0 bridgehead atoms. The summed E-state index contributed by atoms with van der Waals surface area (Å²) in [5.74, 6) is -1.76. The third-order valence-electron chi connectivity index (χ3n) is 2.12. The molecule has 0 aliphatic rings. The first-order valence-corrected chi connectivity index (χ1v) is 7.29. The van der Waals surface area contributed by atoms with E-state index in [0.717, 1.165) is 0 Å². The second-order valence-electron chi connectivity index (χ2n) is 3.64. The first-order chi connectivity index (χ1) is 8.75. The highest BCUT2D eigenvalue weighted by atomic mass is 79.9. The zero-order chi connectivity index (χ0) is 14.6. The molecule has 0 aliphatic heterocycles. The van der Waals surface area contributed by atoms with Crippen molar-refractivity contribution in [3.8, 4) is 0 Å². The van der Waals surface area contributed by atoms with Crippen molar-refractivity contribution < 1.29 is 18.0 Å². The van der Waals surface area contributed by atoms with Crippen LogP contribution in [0.3, 0.4) is 0 Å². The summed E-state index contributed by atoms with van der Waals surface area (Å²) in [5.41, 5.74) is 9.95. The fourth-order valence-electron chi connectivity index (χ4n) is 1.37. The van der Waals surface area contributed by atoms with Gasteiger partial charge in [-0.25, -0.2) is 8.42 Å². The van der Waals surface area contributed by atoms with E-state index in [-0.39, 0.29) is 4.90 Å². The topological polar surface area (TPSA) is 124 Å². The lowest BCUT2D eigenvalue weighted by Crippen LogP contribution is -2.43. The quantitative estimate of drug-likeness (QED) is 0.712. The number of benzene rings is 1. The van der Waals surface area contributed by atoms with Crippen LogP contribution >= 0.6 is 15.9 Å². The molecule has 0 saturated heterocycles. The van der Waals surface area contributed by atoms with E-state index in [4.69, 9.17) is 11.5 Å². The Morgan fingerprint density at radius 2 is 1.58 bits per heavy atom. The third kappa shape index (κ3) is 4.01. The number of halogens is 1. The van der Waals surface area contributed by atoms with Gasteiger partial charge >= 0.3 is 0 Å². The molecule has 0 aliphatic carbocycles. The van der Waals surface area contributed by atoms with Crippen molar-refractivity contribution in [2.45, 2.75) is 4.90 Å². The number of amides is 2. The van der Waals surface area contributed by atoms with Crippen LogP contribution in [-0.4, -0.2) is 37.6 Å². The Bertz CT molecular complexity index is 587. The molecule has 4 N–H and O–H groups in total. The van der Waals surface area contributed by atoms with E-state index >= 15 is 0 Å². The molecule has 0 fully saturated rings. The number of carbonyl (C=O) groups is 2. The first-order valence-electron chi connectivity index (χ1n) is 5.06. The van der Waals surface area contributed by atoms with Gasteiger partial charge in [-0.1, -0.05) is 12.1 Å². The van der Waals surface area contributed by atoms with Crippen molar-refractivity contribution in [1.29, 1.82) is 0 Å². The minimum Gasteiger partial charge on any atom is -0.369 e. The second kappa shape index (κ2) is 6.13. The molecule has 0 heterocycles.